The first-order valence-corrected chi connectivity index (χ1v) is 17.1. The van der Waals surface area contributed by atoms with Crippen LogP contribution in [-0.4, -0.2) is 18.9 Å². The molecular formula is C46H26N4. The van der Waals surface area contributed by atoms with E-state index < -0.39 is 0 Å². The van der Waals surface area contributed by atoms with Crippen molar-refractivity contribution in [3.05, 3.63) is 158 Å². The van der Waals surface area contributed by atoms with E-state index in [0.717, 1.165) is 33.2 Å². The Morgan fingerprint density at radius 1 is 0.380 bits per heavy atom. The first kappa shape index (κ1) is 26.2. The van der Waals surface area contributed by atoms with Gasteiger partial charge in [-0.25, -0.2) is 9.97 Å². The molecule has 0 saturated carbocycles. The summed E-state index contributed by atoms with van der Waals surface area (Å²) in [5, 5.41) is 13.3. The lowest BCUT2D eigenvalue weighted by Gasteiger charge is -2.13. The highest BCUT2D eigenvalue weighted by atomic mass is 15.2. The SMILES string of the molecule is c1ccc2cc(-c3nc(-n4c5ccccc5c5cc6c7ccccc7n7c8cc9ccccc9cc8c(c54)c67)nc4ccccc34)ccc2c1. The summed E-state index contributed by atoms with van der Waals surface area (Å²) in [6.07, 6.45) is 0. The van der Waals surface area contributed by atoms with Gasteiger partial charge in [0.1, 0.15) is 0 Å². The second-order valence-corrected chi connectivity index (χ2v) is 13.4. The number of hydrogen-bond donors (Lipinski definition) is 0. The van der Waals surface area contributed by atoms with Crippen LogP contribution in [0.3, 0.4) is 0 Å². The Kier molecular flexibility index (Phi) is 4.94. The predicted molar refractivity (Wildman–Crippen MR) is 209 cm³/mol. The van der Waals surface area contributed by atoms with Gasteiger partial charge in [0.25, 0.3) is 0 Å². The van der Waals surface area contributed by atoms with Gasteiger partial charge < -0.3 is 4.40 Å². The van der Waals surface area contributed by atoms with Crippen LogP contribution >= 0.6 is 0 Å². The van der Waals surface area contributed by atoms with Crippen LogP contribution < -0.4 is 0 Å². The van der Waals surface area contributed by atoms with E-state index in [1.54, 1.807) is 0 Å². The molecule has 230 valence electrons. The van der Waals surface area contributed by atoms with Gasteiger partial charge in [0.15, 0.2) is 0 Å². The van der Waals surface area contributed by atoms with Crippen LogP contribution in [0.1, 0.15) is 0 Å². The molecule has 4 heterocycles. The van der Waals surface area contributed by atoms with E-state index >= 15 is 0 Å². The van der Waals surface area contributed by atoms with Crippen LogP contribution in [0.25, 0.3) is 110 Å². The zero-order valence-corrected chi connectivity index (χ0v) is 26.8. The zero-order valence-electron chi connectivity index (χ0n) is 26.8. The van der Waals surface area contributed by atoms with E-state index in [0.29, 0.717) is 5.95 Å². The summed E-state index contributed by atoms with van der Waals surface area (Å²) in [7, 11) is 0. The van der Waals surface area contributed by atoms with Gasteiger partial charge in [0.05, 0.1) is 38.8 Å². The molecule has 0 spiro atoms. The fourth-order valence-corrected chi connectivity index (χ4v) is 8.62. The van der Waals surface area contributed by atoms with Crippen LogP contribution in [0.4, 0.5) is 0 Å². The van der Waals surface area contributed by atoms with Crippen molar-refractivity contribution in [2.24, 2.45) is 0 Å². The third kappa shape index (κ3) is 3.34. The molecule has 0 N–H and O–H groups in total. The molecule has 0 unspecified atom stereocenters. The Morgan fingerprint density at radius 2 is 1.00 bits per heavy atom. The Morgan fingerprint density at radius 3 is 1.82 bits per heavy atom. The van der Waals surface area contributed by atoms with Crippen molar-refractivity contribution in [1.29, 1.82) is 0 Å². The zero-order chi connectivity index (χ0) is 32.5. The standard InChI is InChI=1S/C46H26N4/c1-2-12-28-23-31(22-21-27(28)11-1)43-34-17-5-8-18-38(34)47-46(48-43)50-40-20-10-7-16-33(40)36-26-35-32-15-6-9-19-39(32)49-41-25-30-14-4-3-13-29(30)24-37(41)42(44(35)49)45(36)50/h1-26H. The van der Waals surface area contributed by atoms with Crippen LogP contribution in [0.15, 0.2) is 158 Å². The van der Waals surface area contributed by atoms with Crippen molar-refractivity contribution in [2.75, 3.05) is 0 Å². The summed E-state index contributed by atoms with van der Waals surface area (Å²) in [4.78, 5) is 10.8. The van der Waals surface area contributed by atoms with Crippen molar-refractivity contribution in [3.8, 4) is 17.2 Å². The highest BCUT2D eigenvalue weighted by molar-refractivity contribution is 6.34. The van der Waals surface area contributed by atoms with Crippen molar-refractivity contribution in [3.63, 3.8) is 0 Å². The molecule has 12 rings (SSSR count). The van der Waals surface area contributed by atoms with Crippen molar-refractivity contribution in [1.82, 2.24) is 18.9 Å². The maximum Gasteiger partial charge on any atom is 0.235 e. The topological polar surface area (TPSA) is 35.1 Å². The summed E-state index contributed by atoms with van der Waals surface area (Å²) in [6, 6.07) is 56.9. The smallest absolute Gasteiger partial charge is 0.235 e. The average Bonchev–Trinajstić information content (AvgIpc) is 3.80. The van der Waals surface area contributed by atoms with Crippen molar-refractivity contribution >= 4 is 92.3 Å². The van der Waals surface area contributed by atoms with Crippen molar-refractivity contribution < 1.29 is 0 Å². The molecule has 50 heavy (non-hydrogen) atoms. The molecule has 0 aliphatic carbocycles. The normalized spacial score (nSPS) is 12.4. The van der Waals surface area contributed by atoms with Gasteiger partial charge in [0, 0.05) is 43.3 Å². The lowest BCUT2D eigenvalue weighted by molar-refractivity contribution is 1.02. The van der Waals surface area contributed by atoms with Crippen LogP contribution in [0.5, 0.6) is 0 Å². The minimum absolute atomic E-state index is 0.672. The molecule has 0 aliphatic rings. The lowest BCUT2D eigenvalue weighted by atomic mass is 10.0. The number of aromatic nitrogens is 4. The molecular weight excluding hydrogens is 609 g/mol. The molecule has 0 fully saturated rings. The number of rotatable bonds is 2. The summed E-state index contributed by atoms with van der Waals surface area (Å²) < 4.78 is 4.80. The molecule has 12 aromatic rings. The van der Waals surface area contributed by atoms with E-state index in [4.69, 9.17) is 9.97 Å². The van der Waals surface area contributed by atoms with E-state index in [9.17, 15) is 0 Å². The maximum atomic E-state index is 5.49. The summed E-state index contributed by atoms with van der Waals surface area (Å²) >= 11 is 0. The quantitative estimate of drug-likeness (QED) is 0.190. The maximum absolute atomic E-state index is 5.49. The van der Waals surface area contributed by atoms with Crippen molar-refractivity contribution in [2.45, 2.75) is 0 Å². The molecule has 0 amide bonds. The molecule has 0 bridgehead atoms. The predicted octanol–water partition coefficient (Wildman–Crippen LogP) is 11.9. The van der Waals surface area contributed by atoms with Gasteiger partial charge in [-0.2, -0.15) is 0 Å². The minimum Gasteiger partial charge on any atom is -0.308 e. The first-order chi connectivity index (χ1) is 24.8. The van der Waals surface area contributed by atoms with E-state index in [1.807, 2.05) is 0 Å². The molecule has 4 nitrogen and oxygen atoms in total. The van der Waals surface area contributed by atoms with Crippen LogP contribution in [-0.2, 0) is 0 Å². The number of para-hydroxylation sites is 3. The number of benzene rings is 8. The fourth-order valence-electron chi connectivity index (χ4n) is 8.62. The van der Waals surface area contributed by atoms with Gasteiger partial charge >= 0.3 is 0 Å². The lowest BCUT2D eigenvalue weighted by Crippen LogP contribution is -2.03. The van der Waals surface area contributed by atoms with E-state index in [2.05, 4.69) is 167 Å². The van der Waals surface area contributed by atoms with E-state index in [-0.39, 0.29) is 0 Å². The molecule has 4 aromatic heterocycles. The second-order valence-electron chi connectivity index (χ2n) is 13.4. The van der Waals surface area contributed by atoms with Gasteiger partial charge in [0.2, 0.25) is 5.95 Å². The molecule has 0 aliphatic heterocycles. The number of nitrogens with zero attached hydrogens (tertiary/aromatic N) is 4. The largest absolute Gasteiger partial charge is 0.308 e. The first-order valence-electron chi connectivity index (χ1n) is 17.1. The van der Waals surface area contributed by atoms with Gasteiger partial charge in [-0.15, -0.1) is 0 Å². The summed E-state index contributed by atoms with van der Waals surface area (Å²) in [5.74, 6) is 0.672. The third-order valence-electron chi connectivity index (χ3n) is 10.8. The highest BCUT2D eigenvalue weighted by Crippen LogP contribution is 2.47. The molecule has 0 atom stereocenters. The Labute approximate surface area is 285 Å². The van der Waals surface area contributed by atoms with Gasteiger partial charge in [-0.1, -0.05) is 115 Å². The third-order valence-corrected chi connectivity index (χ3v) is 10.8. The summed E-state index contributed by atoms with van der Waals surface area (Å²) in [5.41, 5.74) is 8.83. The Bertz CT molecular complexity index is 3380. The number of hydrogen-bond acceptors (Lipinski definition) is 2. The second kappa shape index (κ2) is 9.43. The van der Waals surface area contributed by atoms with Gasteiger partial charge in [-0.05, 0) is 64.0 Å². The molecule has 4 heteroatoms. The summed E-state index contributed by atoms with van der Waals surface area (Å²) in [6.45, 7) is 0. The Balaban J connectivity index is 1.30. The Hall–Kier alpha value is -6.78. The van der Waals surface area contributed by atoms with E-state index in [1.165, 1.54) is 70.4 Å². The van der Waals surface area contributed by atoms with Gasteiger partial charge in [-0.3, -0.25) is 4.57 Å². The molecule has 0 radical (unpaired) electrons. The minimum atomic E-state index is 0.672. The monoisotopic (exact) mass is 634 g/mol. The average molecular weight is 635 g/mol. The number of fused-ring (bicyclic) bond motifs is 13. The van der Waals surface area contributed by atoms with Crippen LogP contribution in [0, 0.1) is 0 Å². The molecule has 8 aromatic carbocycles. The van der Waals surface area contributed by atoms with Crippen LogP contribution in [0.2, 0.25) is 0 Å². The highest BCUT2D eigenvalue weighted by Gasteiger charge is 2.26. The fraction of sp³-hybridized carbons (Fsp3) is 0. The molecule has 0 saturated heterocycles.